The molecule has 0 fully saturated rings. The third kappa shape index (κ3) is 6.00. The summed E-state index contributed by atoms with van der Waals surface area (Å²) < 4.78 is 6.76. The van der Waals surface area contributed by atoms with Crippen LogP contribution in [0.15, 0.2) is 88.7 Å². The molecule has 0 aliphatic rings. The Labute approximate surface area is 203 Å². The highest BCUT2D eigenvalue weighted by Gasteiger charge is 2.11. The van der Waals surface area contributed by atoms with Crippen molar-refractivity contribution in [2.24, 2.45) is 0 Å². The number of amides is 1. The second-order valence-corrected chi connectivity index (χ2v) is 8.93. The number of anilines is 1. The summed E-state index contributed by atoms with van der Waals surface area (Å²) in [6.45, 7) is 0.469. The number of nitrogens with zero attached hydrogens (tertiary/aromatic N) is 1. The Kier molecular flexibility index (Phi) is 7.26. The standard InChI is InChI=1S/C24H18BrN3O2S2/c25-19-10-6-17(7-11-19)21-15-32-24(26-21)28-23(31)27-22(29)18-8-12-20(13-9-18)30-14-16-4-2-1-3-5-16/h1-13,15H,14H2,(H2,26,27,28,29,31). The van der Waals surface area contributed by atoms with Crippen molar-refractivity contribution in [3.05, 3.63) is 99.8 Å². The van der Waals surface area contributed by atoms with Gasteiger partial charge in [0.2, 0.25) is 0 Å². The van der Waals surface area contributed by atoms with Gasteiger partial charge in [0.15, 0.2) is 10.2 Å². The number of hydrogen-bond donors (Lipinski definition) is 2. The Balaban J connectivity index is 1.30. The van der Waals surface area contributed by atoms with Gasteiger partial charge in [0, 0.05) is 21.0 Å². The van der Waals surface area contributed by atoms with Crippen LogP contribution >= 0.6 is 39.5 Å². The molecular weight excluding hydrogens is 506 g/mol. The highest BCUT2D eigenvalue weighted by molar-refractivity contribution is 9.10. The Morgan fingerprint density at radius 1 is 1.00 bits per heavy atom. The van der Waals surface area contributed by atoms with Crippen LogP contribution in [0.5, 0.6) is 5.75 Å². The van der Waals surface area contributed by atoms with Crippen molar-refractivity contribution in [3.8, 4) is 17.0 Å². The fourth-order valence-electron chi connectivity index (χ4n) is 2.83. The molecular formula is C24H18BrN3O2S2. The summed E-state index contributed by atoms with van der Waals surface area (Å²) in [7, 11) is 0. The van der Waals surface area contributed by atoms with Gasteiger partial charge in [0.25, 0.3) is 5.91 Å². The predicted molar refractivity (Wildman–Crippen MR) is 136 cm³/mol. The molecule has 8 heteroatoms. The number of thiocarbonyl (C=S) groups is 1. The van der Waals surface area contributed by atoms with Crippen LogP contribution < -0.4 is 15.4 Å². The van der Waals surface area contributed by atoms with Crippen molar-refractivity contribution < 1.29 is 9.53 Å². The van der Waals surface area contributed by atoms with Crippen molar-refractivity contribution in [2.75, 3.05) is 5.32 Å². The molecule has 4 aromatic rings. The van der Waals surface area contributed by atoms with Gasteiger partial charge in [-0.2, -0.15) is 0 Å². The molecule has 0 saturated heterocycles. The summed E-state index contributed by atoms with van der Waals surface area (Å²) in [4.78, 5) is 17.0. The van der Waals surface area contributed by atoms with E-state index in [2.05, 4.69) is 31.5 Å². The third-order valence-corrected chi connectivity index (χ3v) is 5.95. The van der Waals surface area contributed by atoms with Crippen molar-refractivity contribution in [1.29, 1.82) is 0 Å². The highest BCUT2D eigenvalue weighted by Crippen LogP contribution is 2.26. The smallest absolute Gasteiger partial charge is 0.257 e. The van der Waals surface area contributed by atoms with Crippen LogP contribution in [0.25, 0.3) is 11.3 Å². The lowest BCUT2D eigenvalue weighted by Gasteiger charge is -2.09. The minimum Gasteiger partial charge on any atom is -0.489 e. The Hall–Kier alpha value is -3.07. The number of aromatic nitrogens is 1. The second kappa shape index (κ2) is 10.5. The number of carbonyl (C=O) groups excluding carboxylic acids is 1. The molecule has 0 saturated carbocycles. The SMILES string of the molecule is O=C(NC(=S)Nc1nc(-c2ccc(Br)cc2)cs1)c1ccc(OCc2ccccc2)cc1. The van der Waals surface area contributed by atoms with Gasteiger partial charge in [0.05, 0.1) is 5.69 Å². The average Bonchev–Trinajstić information content (AvgIpc) is 3.27. The van der Waals surface area contributed by atoms with E-state index in [0.717, 1.165) is 21.3 Å². The summed E-state index contributed by atoms with van der Waals surface area (Å²) in [5.74, 6) is 0.385. The topological polar surface area (TPSA) is 63.2 Å². The van der Waals surface area contributed by atoms with Crippen LogP contribution in [-0.4, -0.2) is 16.0 Å². The van der Waals surface area contributed by atoms with Gasteiger partial charge >= 0.3 is 0 Å². The maximum atomic E-state index is 12.5. The fourth-order valence-corrected chi connectivity index (χ4v) is 4.07. The first kappa shape index (κ1) is 22.1. The molecule has 0 aliphatic heterocycles. The number of carbonyl (C=O) groups is 1. The Bertz CT molecular complexity index is 1210. The zero-order valence-electron chi connectivity index (χ0n) is 16.7. The second-order valence-electron chi connectivity index (χ2n) is 6.75. The van der Waals surface area contributed by atoms with Crippen LogP contribution in [0.1, 0.15) is 15.9 Å². The molecule has 0 radical (unpaired) electrons. The van der Waals surface area contributed by atoms with Crippen LogP contribution in [-0.2, 0) is 6.61 Å². The first-order chi connectivity index (χ1) is 15.6. The van der Waals surface area contributed by atoms with Gasteiger partial charge in [-0.3, -0.25) is 10.1 Å². The van der Waals surface area contributed by atoms with Crippen molar-refractivity contribution in [1.82, 2.24) is 10.3 Å². The van der Waals surface area contributed by atoms with E-state index >= 15 is 0 Å². The monoisotopic (exact) mass is 523 g/mol. The molecule has 3 aromatic carbocycles. The van der Waals surface area contributed by atoms with Gasteiger partial charge in [-0.05, 0) is 54.2 Å². The Morgan fingerprint density at radius 2 is 1.72 bits per heavy atom. The molecule has 0 unspecified atom stereocenters. The van der Waals surface area contributed by atoms with Crippen molar-refractivity contribution >= 4 is 55.6 Å². The van der Waals surface area contributed by atoms with E-state index < -0.39 is 0 Å². The van der Waals surface area contributed by atoms with Crippen molar-refractivity contribution in [2.45, 2.75) is 6.61 Å². The number of thiazole rings is 1. The van der Waals surface area contributed by atoms with E-state index in [4.69, 9.17) is 17.0 Å². The molecule has 1 heterocycles. The number of halogens is 1. The molecule has 160 valence electrons. The summed E-state index contributed by atoms with van der Waals surface area (Å²) in [5, 5.41) is 8.38. The Morgan fingerprint density at radius 3 is 2.44 bits per heavy atom. The molecule has 0 bridgehead atoms. The molecule has 5 nitrogen and oxygen atoms in total. The molecule has 0 spiro atoms. The largest absolute Gasteiger partial charge is 0.489 e. The zero-order chi connectivity index (χ0) is 22.3. The number of ether oxygens (including phenoxy) is 1. The van der Waals surface area contributed by atoms with Crippen LogP contribution in [0.4, 0.5) is 5.13 Å². The van der Waals surface area contributed by atoms with Gasteiger partial charge in [-0.15, -0.1) is 11.3 Å². The number of benzene rings is 3. The average molecular weight is 524 g/mol. The van der Waals surface area contributed by atoms with Gasteiger partial charge < -0.3 is 10.1 Å². The van der Waals surface area contributed by atoms with Gasteiger partial charge in [-0.1, -0.05) is 58.4 Å². The van der Waals surface area contributed by atoms with Crippen LogP contribution in [0.2, 0.25) is 0 Å². The quantitative estimate of drug-likeness (QED) is 0.291. The molecule has 2 N–H and O–H groups in total. The minimum atomic E-state index is -0.304. The summed E-state index contributed by atoms with van der Waals surface area (Å²) in [5.41, 5.74) is 3.40. The lowest BCUT2D eigenvalue weighted by molar-refractivity contribution is 0.0977. The maximum Gasteiger partial charge on any atom is 0.257 e. The zero-order valence-corrected chi connectivity index (χ0v) is 20.0. The molecule has 0 aliphatic carbocycles. The van der Waals surface area contributed by atoms with E-state index in [9.17, 15) is 4.79 Å². The lowest BCUT2D eigenvalue weighted by Crippen LogP contribution is -2.34. The van der Waals surface area contributed by atoms with E-state index in [1.165, 1.54) is 11.3 Å². The minimum absolute atomic E-state index is 0.191. The number of nitrogens with one attached hydrogen (secondary N) is 2. The fraction of sp³-hybridized carbons (Fsp3) is 0.0417. The highest BCUT2D eigenvalue weighted by atomic mass is 79.9. The normalized spacial score (nSPS) is 10.4. The van der Waals surface area contributed by atoms with E-state index in [0.29, 0.717) is 23.1 Å². The molecule has 0 atom stereocenters. The van der Waals surface area contributed by atoms with Crippen LogP contribution in [0.3, 0.4) is 0 Å². The molecule has 4 rings (SSSR count). The molecule has 32 heavy (non-hydrogen) atoms. The third-order valence-electron chi connectivity index (χ3n) is 4.46. The lowest BCUT2D eigenvalue weighted by atomic mass is 10.2. The van der Waals surface area contributed by atoms with Crippen molar-refractivity contribution in [3.63, 3.8) is 0 Å². The van der Waals surface area contributed by atoms with Gasteiger partial charge in [-0.25, -0.2) is 4.98 Å². The maximum absolute atomic E-state index is 12.5. The molecule has 1 aromatic heterocycles. The molecule has 1 amide bonds. The predicted octanol–water partition coefficient (Wildman–Crippen LogP) is 6.28. The summed E-state index contributed by atoms with van der Waals surface area (Å²) >= 11 is 10.1. The summed E-state index contributed by atoms with van der Waals surface area (Å²) in [6, 6.07) is 24.7. The van der Waals surface area contributed by atoms with E-state index in [-0.39, 0.29) is 11.0 Å². The number of rotatable bonds is 6. The first-order valence-electron chi connectivity index (χ1n) is 9.67. The van der Waals surface area contributed by atoms with E-state index in [1.54, 1.807) is 24.3 Å². The van der Waals surface area contributed by atoms with E-state index in [1.807, 2.05) is 60.0 Å². The van der Waals surface area contributed by atoms with Crippen LogP contribution in [0, 0.1) is 0 Å². The van der Waals surface area contributed by atoms with Gasteiger partial charge in [0.1, 0.15) is 12.4 Å². The first-order valence-corrected chi connectivity index (χ1v) is 11.8. The number of hydrogen-bond acceptors (Lipinski definition) is 5. The summed E-state index contributed by atoms with van der Waals surface area (Å²) in [6.07, 6.45) is 0.